The van der Waals surface area contributed by atoms with Crippen molar-refractivity contribution in [2.45, 2.75) is 20.0 Å². The summed E-state index contributed by atoms with van der Waals surface area (Å²) in [6.45, 7) is 5.26. The average Bonchev–Trinajstić information content (AvgIpc) is 3.27. The maximum absolute atomic E-state index is 6.15. The van der Waals surface area contributed by atoms with Gasteiger partial charge >= 0.3 is 0 Å². The molecule has 0 radical (unpaired) electrons. The second-order valence-corrected chi connectivity index (χ2v) is 9.19. The van der Waals surface area contributed by atoms with E-state index < -0.39 is 0 Å². The number of rotatable bonds is 6. The van der Waals surface area contributed by atoms with E-state index in [0.717, 1.165) is 64.4 Å². The van der Waals surface area contributed by atoms with Gasteiger partial charge in [0, 0.05) is 42.2 Å². The number of ether oxygens (including phenoxy) is 4. The van der Waals surface area contributed by atoms with Crippen molar-refractivity contribution in [1.82, 2.24) is 9.88 Å². The molecule has 2 aromatic carbocycles. The third-order valence-electron chi connectivity index (χ3n) is 6.20. The van der Waals surface area contributed by atoms with Crippen LogP contribution in [0.25, 0.3) is 22.2 Å². The van der Waals surface area contributed by atoms with Crippen molar-refractivity contribution in [2.75, 3.05) is 34.5 Å². The highest BCUT2D eigenvalue weighted by atomic mass is 32.1. The second kappa shape index (κ2) is 9.52. The first-order valence-electron chi connectivity index (χ1n) is 11.2. The molecular formula is C27H28N2O4S. The maximum Gasteiger partial charge on any atom is 0.165 e. The van der Waals surface area contributed by atoms with Crippen molar-refractivity contribution in [3.8, 4) is 34.3 Å². The molecule has 2 aromatic heterocycles. The number of thiophene rings is 1. The molecule has 4 aromatic rings. The normalized spacial score (nSPS) is 13.8. The van der Waals surface area contributed by atoms with Crippen molar-refractivity contribution in [3.63, 3.8) is 0 Å². The second-order valence-electron chi connectivity index (χ2n) is 8.41. The van der Waals surface area contributed by atoms with Gasteiger partial charge in [0.25, 0.3) is 0 Å². The van der Waals surface area contributed by atoms with E-state index in [2.05, 4.69) is 40.8 Å². The van der Waals surface area contributed by atoms with Gasteiger partial charge in [-0.15, -0.1) is 0 Å². The number of methoxy groups -OCH3 is 3. The summed E-state index contributed by atoms with van der Waals surface area (Å²) >= 11 is 1.73. The minimum Gasteiger partial charge on any atom is -0.493 e. The van der Waals surface area contributed by atoms with Crippen molar-refractivity contribution >= 4 is 22.2 Å². The molecule has 7 heteroatoms. The number of hydrogen-bond donors (Lipinski definition) is 0. The molecule has 176 valence electrons. The summed E-state index contributed by atoms with van der Waals surface area (Å²) in [6.07, 6.45) is 0. The molecule has 0 atom stereocenters. The molecule has 0 saturated heterocycles. The van der Waals surface area contributed by atoms with Crippen molar-refractivity contribution in [2.24, 2.45) is 0 Å². The summed E-state index contributed by atoms with van der Waals surface area (Å²) in [5.41, 5.74) is 6.28. The number of pyridine rings is 1. The third-order valence-corrected chi connectivity index (χ3v) is 6.93. The van der Waals surface area contributed by atoms with E-state index in [4.69, 9.17) is 23.9 Å². The predicted molar refractivity (Wildman–Crippen MR) is 135 cm³/mol. The number of benzene rings is 2. The Balaban J connectivity index is 1.57. The Bertz CT molecular complexity index is 1320. The molecule has 1 aliphatic rings. The van der Waals surface area contributed by atoms with Gasteiger partial charge in [-0.2, -0.15) is 11.3 Å². The topological polar surface area (TPSA) is 53.0 Å². The van der Waals surface area contributed by atoms with Crippen LogP contribution in [0.15, 0.2) is 47.2 Å². The lowest BCUT2D eigenvalue weighted by Gasteiger charge is -2.19. The van der Waals surface area contributed by atoms with E-state index in [-0.39, 0.29) is 0 Å². The molecule has 0 spiro atoms. The van der Waals surface area contributed by atoms with Gasteiger partial charge in [-0.25, -0.2) is 4.98 Å². The summed E-state index contributed by atoms with van der Waals surface area (Å²) in [6, 6.07) is 12.4. The molecule has 0 saturated carbocycles. The average molecular weight is 477 g/mol. The Morgan fingerprint density at radius 1 is 1.00 bits per heavy atom. The number of aromatic nitrogens is 1. The van der Waals surface area contributed by atoms with Crippen LogP contribution in [0.1, 0.15) is 16.7 Å². The lowest BCUT2D eigenvalue weighted by atomic mass is 10.0. The maximum atomic E-state index is 6.15. The minimum atomic E-state index is 0.627. The van der Waals surface area contributed by atoms with E-state index in [1.54, 1.807) is 32.7 Å². The molecule has 34 heavy (non-hydrogen) atoms. The van der Waals surface area contributed by atoms with Gasteiger partial charge in [-0.1, -0.05) is 0 Å². The molecule has 1 aliphatic heterocycles. The summed E-state index contributed by atoms with van der Waals surface area (Å²) in [4.78, 5) is 7.38. The predicted octanol–water partition coefficient (Wildman–Crippen LogP) is 5.69. The smallest absolute Gasteiger partial charge is 0.165 e. The molecule has 0 aliphatic carbocycles. The van der Waals surface area contributed by atoms with Crippen LogP contribution in [0.4, 0.5) is 0 Å². The van der Waals surface area contributed by atoms with Gasteiger partial charge in [0.15, 0.2) is 23.0 Å². The van der Waals surface area contributed by atoms with Crippen LogP contribution in [-0.2, 0) is 13.1 Å². The molecule has 3 heterocycles. The Kier molecular flexibility index (Phi) is 6.30. The molecule has 0 fully saturated rings. The molecule has 0 bridgehead atoms. The minimum absolute atomic E-state index is 0.627. The number of fused-ring (bicyclic) bond motifs is 2. The van der Waals surface area contributed by atoms with Crippen LogP contribution in [-0.4, -0.2) is 44.4 Å². The zero-order valence-electron chi connectivity index (χ0n) is 19.9. The third kappa shape index (κ3) is 4.29. The van der Waals surface area contributed by atoms with E-state index in [9.17, 15) is 0 Å². The van der Waals surface area contributed by atoms with E-state index >= 15 is 0 Å². The van der Waals surface area contributed by atoms with Gasteiger partial charge < -0.3 is 18.9 Å². The van der Waals surface area contributed by atoms with Crippen molar-refractivity contribution in [1.29, 1.82) is 0 Å². The first-order valence-corrected chi connectivity index (χ1v) is 12.1. The monoisotopic (exact) mass is 476 g/mol. The quantitative estimate of drug-likeness (QED) is 0.356. The van der Waals surface area contributed by atoms with Crippen LogP contribution in [0.2, 0.25) is 0 Å². The van der Waals surface area contributed by atoms with Gasteiger partial charge in [-0.05, 0) is 59.1 Å². The molecule has 6 nitrogen and oxygen atoms in total. The van der Waals surface area contributed by atoms with Gasteiger partial charge in [0.05, 0.1) is 32.5 Å². The highest BCUT2D eigenvalue weighted by Gasteiger charge is 2.22. The van der Waals surface area contributed by atoms with Crippen LogP contribution < -0.4 is 18.9 Å². The number of aryl methyl sites for hydroxylation is 1. The number of hydrogen-bond acceptors (Lipinski definition) is 7. The Morgan fingerprint density at radius 3 is 2.53 bits per heavy atom. The summed E-state index contributed by atoms with van der Waals surface area (Å²) in [7, 11) is 4.97. The highest BCUT2D eigenvalue weighted by Crippen LogP contribution is 2.40. The van der Waals surface area contributed by atoms with Gasteiger partial charge in [-0.3, -0.25) is 4.90 Å². The lowest BCUT2D eigenvalue weighted by molar-refractivity contribution is 0.217. The zero-order valence-corrected chi connectivity index (χ0v) is 20.7. The van der Waals surface area contributed by atoms with Crippen molar-refractivity contribution in [3.05, 3.63) is 63.8 Å². The van der Waals surface area contributed by atoms with Crippen LogP contribution in [0.3, 0.4) is 0 Å². The summed E-state index contributed by atoms with van der Waals surface area (Å²) in [5, 5.41) is 5.36. The zero-order chi connectivity index (χ0) is 23.7. The summed E-state index contributed by atoms with van der Waals surface area (Å²) in [5.74, 6) is 2.91. The summed E-state index contributed by atoms with van der Waals surface area (Å²) < 4.78 is 22.9. The van der Waals surface area contributed by atoms with Gasteiger partial charge in [0.1, 0.15) is 6.61 Å². The molecule has 0 N–H and O–H groups in total. The Morgan fingerprint density at radius 2 is 1.79 bits per heavy atom. The SMILES string of the molecule is COc1cc2nc(-c3cc4c(c(OC)c3)OCCN(Cc3ccsc3)C4)cc(C)c2cc1OC. The molecule has 0 unspecified atom stereocenters. The van der Waals surface area contributed by atoms with Crippen LogP contribution in [0, 0.1) is 6.92 Å². The Hall–Kier alpha value is -3.29. The fraction of sp³-hybridized carbons (Fsp3) is 0.296. The van der Waals surface area contributed by atoms with E-state index in [0.29, 0.717) is 18.1 Å². The fourth-order valence-electron chi connectivity index (χ4n) is 4.48. The Labute approximate surface area is 203 Å². The first-order chi connectivity index (χ1) is 16.6. The van der Waals surface area contributed by atoms with E-state index in [1.807, 2.05) is 18.2 Å². The largest absolute Gasteiger partial charge is 0.493 e. The molecule has 0 amide bonds. The van der Waals surface area contributed by atoms with Gasteiger partial charge in [0.2, 0.25) is 0 Å². The van der Waals surface area contributed by atoms with Crippen LogP contribution >= 0.6 is 11.3 Å². The molecular weight excluding hydrogens is 448 g/mol. The van der Waals surface area contributed by atoms with E-state index in [1.165, 1.54) is 5.56 Å². The fourth-order valence-corrected chi connectivity index (χ4v) is 5.14. The molecule has 5 rings (SSSR count). The lowest BCUT2D eigenvalue weighted by Crippen LogP contribution is -2.24. The van der Waals surface area contributed by atoms with Crippen LogP contribution in [0.5, 0.6) is 23.0 Å². The van der Waals surface area contributed by atoms with Crippen molar-refractivity contribution < 1.29 is 18.9 Å². The highest BCUT2D eigenvalue weighted by molar-refractivity contribution is 7.07. The first kappa shape index (κ1) is 22.5. The standard InChI is InChI=1S/C27H28N2O4S/c1-17-9-22(28-23-13-25(31-3)24(30-2)12-21(17)23)19-10-20-15-29(14-18-5-8-34-16-18)6-7-33-27(20)26(11-19)32-4/h5,8-13,16H,6-7,14-15H2,1-4H3. The number of nitrogens with zero attached hydrogens (tertiary/aromatic N) is 2.